The van der Waals surface area contributed by atoms with Gasteiger partial charge < -0.3 is 10.2 Å². The molecule has 2 aliphatic rings. The summed E-state index contributed by atoms with van der Waals surface area (Å²) >= 11 is 7.32. The van der Waals surface area contributed by atoms with E-state index in [0.29, 0.717) is 26.3 Å². The first-order chi connectivity index (χ1) is 14.0. The molecule has 2 saturated heterocycles. The van der Waals surface area contributed by atoms with Gasteiger partial charge in [0.15, 0.2) is 5.17 Å². The number of benzene rings is 2. The van der Waals surface area contributed by atoms with Crippen LogP contribution >= 0.6 is 23.4 Å². The highest BCUT2D eigenvalue weighted by Crippen LogP contribution is 2.32. The summed E-state index contributed by atoms with van der Waals surface area (Å²) in [5.41, 5.74) is 2.82. The van der Waals surface area contributed by atoms with Crippen LogP contribution in [0.2, 0.25) is 5.02 Å². The molecule has 2 aromatic rings. The Kier molecular flexibility index (Phi) is 5.92. The van der Waals surface area contributed by atoms with Crippen LogP contribution in [0.15, 0.2) is 46.3 Å². The van der Waals surface area contributed by atoms with Gasteiger partial charge in [-0.3, -0.25) is 4.79 Å². The molecule has 0 bridgehead atoms. The number of aliphatic imine (C=N–C) groups is 1. The number of amidine groups is 1. The van der Waals surface area contributed by atoms with E-state index in [9.17, 15) is 9.18 Å². The molecule has 4 nitrogen and oxygen atoms in total. The molecule has 0 atom stereocenters. The van der Waals surface area contributed by atoms with Crippen LogP contribution in [0, 0.1) is 12.7 Å². The second kappa shape index (κ2) is 8.59. The zero-order valence-corrected chi connectivity index (χ0v) is 17.6. The van der Waals surface area contributed by atoms with Crippen molar-refractivity contribution in [2.24, 2.45) is 4.99 Å². The molecule has 1 N–H and O–H groups in total. The van der Waals surface area contributed by atoms with Crippen LogP contribution in [0.4, 0.5) is 15.8 Å². The Labute approximate surface area is 178 Å². The van der Waals surface area contributed by atoms with Gasteiger partial charge in [-0.05, 0) is 79.9 Å². The molecule has 2 aliphatic heterocycles. The van der Waals surface area contributed by atoms with Crippen molar-refractivity contribution in [2.45, 2.75) is 26.2 Å². The first kappa shape index (κ1) is 20.0. The lowest BCUT2D eigenvalue weighted by molar-refractivity contribution is -0.115. The van der Waals surface area contributed by atoms with Crippen LogP contribution in [-0.2, 0) is 4.79 Å². The summed E-state index contributed by atoms with van der Waals surface area (Å²) in [6, 6.07) is 10.6. The third-order valence-corrected chi connectivity index (χ3v) is 6.42. The SMILES string of the molecule is Cc1c(Cl)cccc1N=C1NC(=O)/C(=C\c2ccc(N3CCCCC3)cc2F)S1. The van der Waals surface area contributed by atoms with Gasteiger partial charge in [0.1, 0.15) is 5.82 Å². The molecule has 0 saturated carbocycles. The predicted octanol–water partition coefficient (Wildman–Crippen LogP) is 5.67. The van der Waals surface area contributed by atoms with E-state index in [4.69, 9.17) is 11.6 Å². The predicted molar refractivity (Wildman–Crippen MR) is 119 cm³/mol. The summed E-state index contributed by atoms with van der Waals surface area (Å²) in [6.45, 7) is 3.79. The largest absolute Gasteiger partial charge is 0.371 e. The maximum atomic E-state index is 14.7. The van der Waals surface area contributed by atoms with Gasteiger partial charge in [0, 0.05) is 29.4 Å². The molecule has 2 fully saturated rings. The molecule has 7 heteroatoms. The fraction of sp³-hybridized carbons (Fsp3) is 0.273. The van der Waals surface area contributed by atoms with E-state index < -0.39 is 0 Å². The number of carbonyl (C=O) groups excluding carboxylic acids is 1. The fourth-order valence-electron chi connectivity index (χ4n) is 3.43. The van der Waals surface area contributed by atoms with Gasteiger partial charge in [-0.2, -0.15) is 0 Å². The molecule has 0 radical (unpaired) electrons. The monoisotopic (exact) mass is 429 g/mol. The first-order valence-corrected chi connectivity index (χ1v) is 10.8. The molecule has 0 aliphatic carbocycles. The van der Waals surface area contributed by atoms with E-state index >= 15 is 0 Å². The van der Waals surface area contributed by atoms with Gasteiger partial charge in [-0.1, -0.05) is 17.7 Å². The Bertz CT molecular complexity index is 1020. The van der Waals surface area contributed by atoms with Crippen LogP contribution in [0.25, 0.3) is 6.08 Å². The fourth-order valence-corrected chi connectivity index (χ4v) is 4.43. The molecule has 29 heavy (non-hydrogen) atoms. The molecule has 0 aromatic heterocycles. The van der Waals surface area contributed by atoms with E-state index in [2.05, 4.69) is 15.2 Å². The van der Waals surface area contributed by atoms with E-state index in [1.54, 1.807) is 24.3 Å². The first-order valence-electron chi connectivity index (χ1n) is 9.60. The Morgan fingerprint density at radius 3 is 2.76 bits per heavy atom. The van der Waals surface area contributed by atoms with Crippen molar-refractivity contribution in [1.29, 1.82) is 0 Å². The van der Waals surface area contributed by atoms with Crippen LogP contribution in [0.1, 0.15) is 30.4 Å². The van der Waals surface area contributed by atoms with Gasteiger partial charge in [0.25, 0.3) is 5.91 Å². The summed E-state index contributed by atoms with van der Waals surface area (Å²) in [5, 5.41) is 3.81. The maximum Gasteiger partial charge on any atom is 0.264 e. The van der Waals surface area contributed by atoms with E-state index in [1.807, 2.05) is 25.1 Å². The molecule has 2 heterocycles. The van der Waals surface area contributed by atoms with Crippen molar-refractivity contribution in [2.75, 3.05) is 18.0 Å². The van der Waals surface area contributed by atoms with E-state index in [-0.39, 0.29) is 11.7 Å². The number of hydrogen-bond donors (Lipinski definition) is 1. The Balaban J connectivity index is 1.54. The smallest absolute Gasteiger partial charge is 0.264 e. The number of anilines is 1. The minimum absolute atomic E-state index is 0.284. The maximum absolute atomic E-state index is 14.7. The lowest BCUT2D eigenvalue weighted by Gasteiger charge is -2.28. The minimum atomic E-state index is -0.329. The van der Waals surface area contributed by atoms with Crippen molar-refractivity contribution >= 4 is 51.9 Å². The number of thioether (sulfide) groups is 1. The highest BCUT2D eigenvalue weighted by molar-refractivity contribution is 8.18. The lowest BCUT2D eigenvalue weighted by atomic mass is 10.1. The molecule has 0 spiro atoms. The average molecular weight is 430 g/mol. The zero-order chi connectivity index (χ0) is 20.4. The number of hydrogen-bond acceptors (Lipinski definition) is 4. The molecular weight excluding hydrogens is 409 g/mol. The standard InChI is InChI=1S/C22H21ClFN3OS/c1-14-17(23)6-5-7-19(14)25-22-26-21(28)20(29-22)12-15-8-9-16(13-18(15)24)27-10-3-2-4-11-27/h5-9,12-13H,2-4,10-11H2,1H3,(H,25,26,28)/b20-12+. The summed E-state index contributed by atoms with van der Waals surface area (Å²) < 4.78 is 14.7. The molecule has 0 unspecified atom stereocenters. The second-order valence-electron chi connectivity index (χ2n) is 7.12. The Morgan fingerprint density at radius 1 is 1.21 bits per heavy atom. The summed E-state index contributed by atoms with van der Waals surface area (Å²) in [6.07, 6.45) is 5.08. The van der Waals surface area contributed by atoms with Gasteiger partial charge in [0.05, 0.1) is 10.6 Å². The number of carbonyl (C=O) groups is 1. The molecular formula is C22H21ClFN3OS. The van der Waals surface area contributed by atoms with Crippen molar-refractivity contribution in [1.82, 2.24) is 5.32 Å². The number of amides is 1. The van der Waals surface area contributed by atoms with Crippen molar-refractivity contribution < 1.29 is 9.18 Å². The Hall–Kier alpha value is -2.31. The van der Waals surface area contributed by atoms with Crippen molar-refractivity contribution in [3.63, 3.8) is 0 Å². The third-order valence-electron chi connectivity index (χ3n) is 5.10. The number of nitrogens with zero attached hydrogens (tertiary/aromatic N) is 2. The third kappa shape index (κ3) is 4.49. The number of halogens is 2. The van der Waals surface area contributed by atoms with Crippen molar-refractivity contribution in [3.05, 3.63) is 63.3 Å². The van der Waals surface area contributed by atoms with Gasteiger partial charge in [-0.15, -0.1) is 0 Å². The van der Waals surface area contributed by atoms with Gasteiger partial charge in [-0.25, -0.2) is 9.38 Å². The summed E-state index contributed by atoms with van der Waals surface area (Å²) in [7, 11) is 0. The molecule has 150 valence electrons. The summed E-state index contributed by atoms with van der Waals surface area (Å²) in [5.74, 6) is -0.613. The topological polar surface area (TPSA) is 44.7 Å². The second-order valence-corrected chi connectivity index (χ2v) is 8.56. The molecule has 2 aromatic carbocycles. The van der Waals surface area contributed by atoms with Crippen LogP contribution in [0.5, 0.6) is 0 Å². The highest BCUT2D eigenvalue weighted by atomic mass is 35.5. The van der Waals surface area contributed by atoms with E-state index in [1.165, 1.54) is 18.2 Å². The quantitative estimate of drug-likeness (QED) is 0.639. The molecule has 4 rings (SSSR count). The zero-order valence-electron chi connectivity index (χ0n) is 16.0. The van der Waals surface area contributed by atoms with Gasteiger partial charge >= 0.3 is 0 Å². The lowest BCUT2D eigenvalue weighted by Crippen LogP contribution is -2.29. The number of piperidine rings is 1. The average Bonchev–Trinajstić information content (AvgIpc) is 3.06. The minimum Gasteiger partial charge on any atom is -0.371 e. The summed E-state index contributed by atoms with van der Waals surface area (Å²) in [4.78, 5) is 19.4. The Morgan fingerprint density at radius 2 is 2.00 bits per heavy atom. The van der Waals surface area contributed by atoms with Crippen LogP contribution < -0.4 is 10.2 Å². The van der Waals surface area contributed by atoms with Crippen LogP contribution in [-0.4, -0.2) is 24.2 Å². The number of nitrogens with one attached hydrogen (secondary N) is 1. The molecule has 1 amide bonds. The van der Waals surface area contributed by atoms with Gasteiger partial charge in [0.2, 0.25) is 0 Å². The van der Waals surface area contributed by atoms with Crippen molar-refractivity contribution in [3.8, 4) is 0 Å². The normalized spacial score (nSPS) is 19.8. The van der Waals surface area contributed by atoms with E-state index in [0.717, 1.165) is 37.2 Å². The van der Waals surface area contributed by atoms with Crippen LogP contribution in [0.3, 0.4) is 0 Å². The number of rotatable bonds is 3. The highest BCUT2D eigenvalue weighted by Gasteiger charge is 2.24.